The zero-order valence-electron chi connectivity index (χ0n) is 11.9. The van der Waals surface area contributed by atoms with E-state index in [9.17, 15) is 4.79 Å². The number of rotatable bonds is 4. The number of anilines is 1. The zero-order valence-corrected chi connectivity index (χ0v) is 13.5. The highest BCUT2D eigenvalue weighted by atomic mass is 79.9. The van der Waals surface area contributed by atoms with Crippen molar-refractivity contribution in [3.8, 4) is 5.75 Å². The SMILES string of the molecule is COc1ccccc1/C=C/C(=O)Nc1ccc(Br)c(C)c1. The smallest absolute Gasteiger partial charge is 0.248 e. The van der Waals surface area contributed by atoms with Crippen molar-refractivity contribution < 1.29 is 9.53 Å². The molecule has 2 aromatic carbocycles. The predicted octanol–water partition coefficient (Wildman–Crippen LogP) is 4.42. The molecule has 0 fully saturated rings. The van der Waals surface area contributed by atoms with Gasteiger partial charge in [-0.3, -0.25) is 4.79 Å². The lowest BCUT2D eigenvalue weighted by Crippen LogP contribution is -2.07. The fourth-order valence-electron chi connectivity index (χ4n) is 1.88. The molecular weight excluding hydrogens is 330 g/mol. The molecule has 2 rings (SSSR count). The number of hydrogen-bond donors (Lipinski definition) is 1. The lowest BCUT2D eigenvalue weighted by Gasteiger charge is -2.05. The van der Waals surface area contributed by atoms with Gasteiger partial charge in [-0.2, -0.15) is 0 Å². The summed E-state index contributed by atoms with van der Waals surface area (Å²) >= 11 is 3.43. The first-order chi connectivity index (χ1) is 10.1. The minimum atomic E-state index is -0.178. The van der Waals surface area contributed by atoms with Crippen molar-refractivity contribution in [1.29, 1.82) is 0 Å². The van der Waals surface area contributed by atoms with Crippen molar-refractivity contribution in [2.75, 3.05) is 12.4 Å². The third kappa shape index (κ3) is 4.20. The van der Waals surface area contributed by atoms with Crippen molar-refractivity contribution in [2.45, 2.75) is 6.92 Å². The van der Waals surface area contributed by atoms with E-state index in [4.69, 9.17) is 4.74 Å². The number of methoxy groups -OCH3 is 1. The zero-order chi connectivity index (χ0) is 15.2. The fourth-order valence-corrected chi connectivity index (χ4v) is 2.12. The minimum absolute atomic E-state index is 0.178. The summed E-state index contributed by atoms with van der Waals surface area (Å²) in [6, 6.07) is 13.2. The highest BCUT2D eigenvalue weighted by molar-refractivity contribution is 9.10. The number of nitrogens with one attached hydrogen (secondary N) is 1. The molecule has 0 atom stereocenters. The van der Waals surface area contributed by atoms with Crippen molar-refractivity contribution in [3.05, 3.63) is 64.1 Å². The lowest BCUT2D eigenvalue weighted by molar-refractivity contribution is -0.111. The summed E-state index contributed by atoms with van der Waals surface area (Å²) in [6.07, 6.45) is 3.23. The number of halogens is 1. The molecule has 3 nitrogen and oxygen atoms in total. The summed E-state index contributed by atoms with van der Waals surface area (Å²) < 4.78 is 6.26. The Balaban J connectivity index is 2.07. The van der Waals surface area contributed by atoms with Crippen LogP contribution in [0.4, 0.5) is 5.69 Å². The van der Waals surface area contributed by atoms with E-state index in [0.29, 0.717) is 0 Å². The first-order valence-corrected chi connectivity index (χ1v) is 7.27. The van der Waals surface area contributed by atoms with Gasteiger partial charge in [-0.05, 0) is 42.8 Å². The van der Waals surface area contributed by atoms with Crippen molar-refractivity contribution >= 4 is 33.6 Å². The van der Waals surface area contributed by atoms with Crippen LogP contribution in [0.3, 0.4) is 0 Å². The predicted molar refractivity (Wildman–Crippen MR) is 89.5 cm³/mol. The number of hydrogen-bond acceptors (Lipinski definition) is 2. The summed E-state index contributed by atoms with van der Waals surface area (Å²) in [6.45, 7) is 1.98. The molecule has 0 aromatic heterocycles. The Kier molecular flexibility index (Phi) is 5.17. The second-order valence-corrected chi connectivity index (χ2v) is 5.38. The molecular formula is C17H16BrNO2. The van der Waals surface area contributed by atoms with Crippen molar-refractivity contribution in [2.24, 2.45) is 0 Å². The van der Waals surface area contributed by atoms with E-state index in [-0.39, 0.29) is 5.91 Å². The van der Waals surface area contributed by atoms with Gasteiger partial charge in [0.15, 0.2) is 0 Å². The average Bonchev–Trinajstić information content (AvgIpc) is 2.49. The number of ether oxygens (including phenoxy) is 1. The molecule has 0 saturated heterocycles. The third-order valence-corrected chi connectivity index (χ3v) is 3.87. The summed E-state index contributed by atoms with van der Waals surface area (Å²) in [5.41, 5.74) is 2.70. The second kappa shape index (κ2) is 7.09. The van der Waals surface area contributed by atoms with Crippen LogP contribution in [0.5, 0.6) is 5.75 Å². The summed E-state index contributed by atoms with van der Waals surface area (Å²) in [4.78, 5) is 11.9. The molecule has 1 amide bonds. The van der Waals surface area contributed by atoms with Crippen LogP contribution in [-0.4, -0.2) is 13.0 Å². The Morgan fingerprint density at radius 3 is 2.71 bits per heavy atom. The molecule has 1 N–H and O–H groups in total. The van der Waals surface area contributed by atoms with Gasteiger partial charge in [-0.1, -0.05) is 34.1 Å². The third-order valence-electron chi connectivity index (χ3n) is 2.98. The van der Waals surface area contributed by atoms with Gasteiger partial charge in [0, 0.05) is 21.8 Å². The van der Waals surface area contributed by atoms with Gasteiger partial charge in [0.25, 0.3) is 0 Å². The van der Waals surface area contributed by atoms with Gasteiger partial charge in [-0.25, -0.2) is 0 Å². The minimum Gasteiger partial charge on any atom is -0.496 e. The highest BCUT2D eigenvalue weighted by Crippen LogP contribution is 2.21. The quantitative estimate of drug-likeness (QED) is 0.833. The number of carbonyl (C=O) groups excluding carboxylic acids is 1. The van der Waals surface area contributed by atoms with Crippen LogP contribution < -0.4 is 10.1 Å². The number of carbonyl (C=O) groups is 1. The Morgan fingerprint density at radius 1 is 1.24 bits per heavy atom. The average molecular weight is 346 g/mol. The van der Waals surface area contributed by atoms with Crippen LogP contribution in [0.15, 0.2) is 53.0 Å². The standard InChI is InChI=1S/C17H16BrNO2/c1-12-11-14(8-9-15(12)18)19-17(20)10-7-13-5-3-4-6-16(13)21-2/h3-11H,1-2H3,(H,19,20)/b10-7+. The Hall–Kier alpha value is -2.07. The van der Waals surface area contributed by atoms with E-state index in [1.165, 1.54) is 6.08 Å². The largest absolute Gasteiger partial charge is 0.496 e. The number of para-hydroxylation sites is 1. The second-order valence-electron chi connectivity index (χ2n) is 4.53. The topological polar surface area (TPSA) is 38.3 Å². The molecule has 4 heteroatoms. The van der Waals surface area contributed by atoms with Gasteiger partial charge < -0.3 is 10.1 Å². The molecule has 0 spiro atoms. The van der Waals surface area contributed by atoms with E-state index in [1.54, 1.807) is 13.2 Å². The first kappa shape index (κ1) is 15.3. The highest BCUT2D eigenvalue weighted by Gasteiger charge is 2.02. The Labute approximate surface area is 132 Å². The molecule has 0 aliphatic carbocycles. The first-order valence-electron chi connectivity index (χ1n) is 6.48. The van der Waals surface area contributed by atoms with E-state index in [0.717, 1.165) is 27.0 Å². The van der Waals surface area contributed by atoms with Gasteiger partial charge >= 0.3 is 0 Å². The number of benzene rings is 2. The molecule has 0 saturated carbocycles. The normalized spacial score (nSPS) is 10.6. The molecule has 21 heavy (non-hydrogen) atoms. The van der Waals surface area contributed by atoms with E-state index in [2.05, 4.69) is 21.2 Å². The molecule has 0 heterocycles. The Morgan fingerprint density at radius 2 is 2.00 bits per heavy atom. The van der Waals surface area contributed by atoms with Crippen molar-refractivity contribution in [1.82, 2.24) is 0 Å². The van der Waals surface area contributed by atoms with Gasteiger partial charge in [0.2, 0.25) is 5.91 Å². The molecule has 0 bridgehead atoms. The number of aryl methyl sites for hydroxylation is 1. The van der Waals surface area contributed by atoms with Gasteiger partial charge in [0.1, 0.15) is 5.75 Å². The molecule has 0 unspecified atom stereocenters. The van der Waals surface area contributed by atoms with E-state index in [1.807, 2.05) is 49.4 Å². The summed E-state index contributed by atoms with van der Waals surface area (Å²) in [7, 11) is 1.61. The van der Waals surface area contributed by atoms with Crippen LogP contribution in [0.2, 0.25) is 0 Å². The maximum atomic E-state index is 11.9. The van der Waals surface area contributed by atoms with Crippen LogP contribution in [-0.2, 0) is 4.79 Å². The molecule has 0 aliphatic heterocycles. The molecule has 108 valence electrons. The molecule has 0 aliphatic rings. The summed E-state index contributed by atoms with van der Waals surface area (Å²) in [5, 5.41) is 2.83. The van der Waals surface area contributed by atoms with Gasteiger partial charge in [-0.15, -0.1) is 0 Å². The van der Waals surface area contributed by atoms with Crippen LogP contribution >= 0.6 is 15.9 Å². The Bertz CT molecular complexity index is 680. The van der Waals surface area contributed by atoms with Crippen LogP contribution in [0.25, 0.3) is 6.08 Å². The van der Waals surface area contributed by atoms with E-state index < -0.39 is 0 Å². The van der Waals surface area contributed by atoms with Crippen LogP contribution in [0.1, 0.15) is 11.1 Å². The summed E-state index contributed by atoms with van der Waals surface area (Å²) in [5.74, 6) is 0.559. The van der Waals surface area contributed by atoms with Crippen LogP contribution in [0, 0.1) is 6.92 Å². The maximum Gasteiger partial charge on any atom is 0.248 e. The lowest BCUT2D eigenvalue weighted by atomic mass is 10.2. The van der Waals surface area contributed by atoms with Crippen molar-refractivity contribution in [3.63, 3.8) is 0 Å². The number of amides is 1. The fraction of sp³-hybridized carbons (Fsp3) is 0.118. The molecule has 2 aromatic rings. The molecule has 0 radical (unpaired) electrons. The van der Waals surface area contributed by atoms with Gasteiger partial charge in [0.05, 0.1) is 7.11 Å². The monoisotopic (exact) mass is 345 g/mol. The van der Waals surface area contributed by atoms with E-state index >= 15 is 0 Å². The maximum absolute atomic E-state index is 11.9.